The number of carbonyl (C=O) groups is 1. The van der Waals surface area contributed by atoms with Crippen LogP contribution in [0.15, 0.2) is 45.4 Å². The van der Waals surface area contributed by atoms with Gasteiger partial charge in [-0.1, -0.05) is 54.5 Å². The van der Waals surface area contributed by atoms with Crippen LogP contribution in [0.25, 0.3) is 11.4 Å². The van der Waals surface area contributed by atoms with Gasteiger partial charge in [-0.05, 0) is 0 Å². The van der Waals surface area contributed by atoms with Gasteiger partial charge in [-0.25, -0.2) is 0 Å². The first kappa shape index (κ1) is 16.8. The highest BCUT2D eigenvalue weighted by Crippen LogP contribution is 2.18. The molecule has 0 radical (unpaired) electrons. The van der Waals surface area contributed by atoms with E-state index in [9.17, 15) is 4.79 Å². The fourth-order valence-corrected chi connectivity index (χ4v) is 2.05. The third-order valence-corrected chi connectivity index (χ3v) is 3.32. The second-order valence-electron chi connectivity index (χ2n) is 5.69. The number of benzene rings is 1. The second kappa shape index (κ2) is 7.71. The molecule has 0 unspecified atom stereocenters. The first-order chi connectivity index (χ1) is 12.1. The van der Waals surface area contributed by atoms with E-state index in [0.29, 0.717) is 23.3 Å². The molecule has 2 aromatic heterocycles. The van der Waals surface area contributed by atoms with E-state index in [0.717, 1.165) is 5.56 Å². The summed E-state index contributed by atoms with van der Waals surface area (Å²) >= 11 is 0. The predicted octanol–water partition coefficient (Wildman–Crippen LogP) is 3.00. The van der Waals surface area contributed by atoms with Crippen molar-refractivity contribution in [3.8, 4) is 11.4 Å². The predicted molar refractivity (Wildman–Crippen MR) is 88.6 cm³/mol. The molecule has 3 rings (SSSR count). The van der Waals surface area contributed by atoms with Gasteiger partial charge in [-0.2, -0.15) is 4.98 Å². The molecule has 8 nitrogen and oxygen atoms in total. The minimum absolute atomic E-state index is 0.0450. The summed E-state index contributed by atoms with van der Waals surface area (Å²) in [5.74, 6) is 1.71. The van der Waals surface area contributed by atoms with Crippen molar-refractivity contribution in [1.82, 2.24) is 15.3 Å². The van der Waals surface area contributed by atoms with Crippen LogP contribution in [0.5, 0.6) is 0 Å². The minimum Gasteiger partial charge on any atom is -0.362 e. The number of nitrogens with one attached hydrogen (secondary N) is 1. The van der Waals surface area contributed by atoms with Crippen LogP contribution in [-0.2, 0) is 16.1 Å². The largest absolute Gasteiger partial charge is 0.362 e. The minimum atomic E-state index is -0.341. The monoisotopic (exact) mass is 342 g/mol. The molecular weight excluding hydrogens is 324 g/mol. The van der Waals surface area contributed by atoms with Gasteiger partial charge in [0.1, 0.15) is 19.0 Å². The molecule has 0 saturated carbocycles. The summed E-state index contributed by atoms with van der Waals surface area (Å²) in [6.45, 7) is 3.84. The van der Waals surface area contributed by atoms with Crippen LogP contribution in [0.1, 0.15) is 31.4 Å². The molecule has 1 amide bonds. The van der Waals surface area contributed by atoms with E-state index in [1.807, 2.05) is 44.2 Å². The molecule has 0 atom stereocenters. The normalized spacial score (nSPS) is 11.0. The average molecular weight is 342 g/mol. The zero-order valence-corrected chi connectivity index (χ0v) is 13.9. The van der Waals surface area contributed by atoms with Gasteiger partial charge >= 0.3 is 0 Å². The maximum Gasteiger partial charge on any atom is 0.252 e. The van der Waals surface area contributed by atoms with Crippen molar-refractivity contribution in [3.05, 3.63) is 48.0 Å². The summed E-state index contributed by atoms with van der Waals surface area (Å²) in [5.41, 5.74) is 0.849. The number of rotatable bonds is 7. The molecule has 8 heteroatoms. The summed E-state index contributed by atoms with van der Waals surface area (Å²) < 4.78 is 15.5. The molecule has 1 aromatic carbocycles. The van der Waals surface area contributed by atoms with Gasteiger partial charge in [-0.15, -0.1) is 0 Å². The average Bonchev–Trinajstić information content (AvgIpc) is 3.25. The molecule has 0 spiro atoms. The Bertz CT molecular complexity index is 826. The van der Waals surface area contributed by atoms with E-state index < -0.39 is 0 Å². The van der Waals surface area contributed by atoms with Crippen molar-refractivity contribution in [3.63, 3.8) is 0 Å². The van der Waals surface area contributed by atoms with Crippen molar-refractivity contribution < 1.29 is 18.6 Å². The number of hydrogen-bond donors (Lipinski definition) is 1. The lowest BCUT2D eigenvalue weighted by atomic mass is 10.2. The van der Waals surface area contributed by atoms with Gasteiger partial charge in [0.2, 0.25) is 5.82 Å². The number of amides is 1. The third kappa shape index (κ3) is 4.51. The highest BCUT2D eigenvalue weighted by Gasteiger charge is 2.12. The fraction of sp³-hybridized carbons (Fsp3) is 0.294. The zero-order chi connectivity index (χ0) is 17.6. The van der Waals surface area contributed by atoms with E-state index in [4.69, 9.17) is 13.8 Å². The maximum absolute atomic E-state index is 11.8. The van der Waals surface area contributed by atoms with Crippen molar-refractivity contribution in [2.75, 3.05) is 11.9 Å². The molecule has 0 aliphatic carbocycles. The van der Waals surface area contributed by atoms with Gasteiger partial charge < -0.3 is 19.1 Å². The van der Waals surface area contributed by atoms with Crippen LogP contribution >= 0.6 is 0 Å². The molecule has 0 bridgehead atoms. The smallest absolute Gasteiger partial charge is 0.252 e. The highest BCUT2D eigenvalue weighted by atomic mass is 16.5. The Morgan fingerprint density at radius 2 is 2.00 bits per heavy atom. The van der Waals surface area contributed by atoms with E-state index in [2.05, 4.69) is 20.6 Å². The Morgan fingerprint density at radius 1 is 1.20 bits per heavy atom. The van der Waals surface area contributed by atoms with E-state index >= 15 is 0 Å². The van der Waals surface area contributed by atoms with Gasteiger partial charge in [0, 0.05) is 17.5 Å². The molecule has 0 aliphatic rings. The van der Waals surface area contributed by atoms with Crippen molar-refractivity contribution in [2.24, 2.45) is 0 Å². The summed E-state index contributed by atoms with van der Waals surface area (Å²) in [4.78, 5) is 16.0. The molecule has 0 fully saturated rings. The lowest BCUT2D eigenvalue weighted by Gasteiger charge is -2.01. The lowest BCUT2D eigenvalue weighted by Crippen LogP contribution is -2.18. The second-order valence-corrected chi connectivity index (χ2v) is 5.69. The lowest BCUT2D eigenvalue weighted by molar-refractivity contribution is -0.121. The highest BCUT2D eigenvalue weighted by molar-refractivity contribution is 5.90. The van der Waals surface area contributed by atoms with Crippen LogP contribution in [0.3, 0.4) is 0 Å². The Kier molecular flexibility index (Phi) is 5.20. The van der Waals surface area contributed by atoms with Gasteiger partial charge in [-0.3, -0.25) is 4.79 Å². The molecule has 3 aromatic rings. The topological polar surface area (TPSA) is 103 Å². The summed E-state index contributed by atoms with van der Waals surface area (Å²) in [6, 6.07) is 11.1. The van der Waals surface area contributed by atoms with Crippen LogP contribution in [0.2, 0.25) is 0 Å². The molecule has 1 N–H and O–H groups in total. The maximum atomic E-state index is 11.8. The molecule has 25 heavy (non-hydrogen) atoms. The summed E-state index contributed by atoms with van der Waals surface area (Å²) in [6.07, 6.45) is 0. The number of anilines is 1. The van der Waals surface area contributed by atoms with E-state index in [-0.39, 0.29) is 25.0 Å². The van der Waals surface area contributed by atoms with Crippen LogP contribution in [0.4, 0.5) is 5.82 Å². The standard InChI is InChI=1S/C17H18N4O4/c1-11(2)13-8-14(20-24-13)18-15(22)9-23-10-16-19-17(21-25-16)12-6-4-3-5-7-12/h3-8,11H,9-10H2,1-2H3,(H,18,20,22). The van der Waals surface area contributed by atoms with Crippen LogP contribution < -0.4 is 5.32 Å². The Balaban J connectivity index is 1.46. The number of hydrogen-bond acceptors (Lipinski definition) is 7. The molecule has 0 aliphatic heterocycles. The van der Waals surface area contributed by atoms with Crippen molar-refractivity contribution in [1.29, 1.82) is 0 Å². The fourth-order valence-electron chi connectivity index (χ4n) is 2.05. The van der Waals surface area contributed by atoms with Gasteiger partial charge in [0.05, 0.1) is 0 Å². The molecular formula is C17H18N4O4. The molecule has 2 heterocycles. The molecule has 0 saturated heterocycles. The first-order valence-corrected chi connectivity index (χ1v) is 7.84. The van der Waals surface area contributed by atoms with Crippen molar-refractivity contribution in [2.45, 2.75) is 26.4 Å². The number of ether oxygens (including phenoxy) is 1. The van der Waals surface area contributed by atoms with Gasteiger partial charge in [0.15, 0.2) is 5.82 Å². The van der Waals surface area contributed by atoms with E-state index in [1.54, 1.807) is 6.07 Å². The van der Waals surface area contributed by atoms with Gasteiger partial charge in [0.25, 0.3) is 11.8 Å². The number of carbonyl (C=O) groups excluding carboxylic acids is 1. The Morgan fingerprint density at radius 3 is 2.72 bits per heavy atom. The zero-order valence-electron chi connectivity index (χ0n) is 13.9. The number of nitrogens with zero attached hydrogens (tertiary/aromatic N) is 3. The summed E-state index contributed by atoms with van der Waals surface area (Å²) in [5, 5.41) is 10.3. The van der Waals surface area contributed by atoms with Crippen molar-refractivity contribution >= 4 is 11.7 Å². The first-order valence-electron chi connectivity index (χ1n) is 7.84. The Hall–Kier alpha value is -3.00. The Labute approximate surface area is 144 Å². The molecule has 130 valence electrons. The third-order valence-electron chi connectivity index (χ3n) is 3.32. The summed E-state index contributed by atoms with van der Waals surface area (Å²) in [7, 11) is 0. The van der Waals surface area contributed by atoms with Crippen LogP contribution in [-0.4, -0.2) is 27.8 Å². The SMILES string of the molecule is CC(C)c1cc(NC(=O)COCc2nc(-c3ccccc3)no2)no1. The van der Waals surface area contributed by atoms with Crippen LogP contribution in [0, 0.1) is 0 Å². The van der Waals surface area contributed by atoms with E-state index in [1.165, 1.54) is 0 Å². The quantitative estimate of drug-likeness (QED) is 0.704. The number of aromatic nitrogens is 3.